The van der Waals surface area contributed by atoms with Gasteiger partial charge in [0.15, 0.2) is 0 Å². The molecule has 3 N–H and O–H groups in total. The van der Waals surface area contributed by atoms with E-state index in [-0.39, 0.29) is 19.1 Å². The highest BCUT2D eigenvalue weighted by atomic mass is 31.2. The molecule has 9 heteroatoms. The highest BCUT2D eigenvalue weighted by molar-refractivity contribution is 7.47. The fourth-order valence-corrected chi connectivity index (χ4v) is 6.60. The zero-order valence-corrected chi connectivity index (χ0v) is 34.3. The largest absolute Gasteiger partial charge is 0.472 e. The van der Waals surface area contributed by atoms with Gasteiger partial charge in [0.2, 0.25) is 5.91 Å². The summed E-state index contributed by atoms with van der Waals surface area (Å²) in [5.41, 5.74) is 0. The third-order valence-corrected chi connectivity index (χ3v) is 10.2. The molecule has 296 valence electrons. The van der Waals surface area contributed by atoms with Gasteiger partial charge < -0.3 is 19.8 Å². The van der Waals surface area contributed by atoms with E-state index in [4.69, 9.17) is 9.05 Å². The minimum Gasteiger partial charge on any atom is -0.387 e. The number of nitrogens with zero attached hydrogens (tertiary/aromatic N) is 1. The summed E-state index contributed by atoms with van der Waals surface area (Å²) in [4.78, 5) is 23.0. The molecule has 50 heavy (non-hydrogen) atoms. The molecule has 0 aliphatic rings. The molecule has 8 nitrogen and oxygen atoms in total. The SMILES string of the molecule is CCCCCCCCC/C=C/C=C/[C@@H](O)[C@H](COP(=O)(O)OCC[N+](C)(C)C)NC(=O)CCCCCCCCCCCCCCCCCCC. The van der Waals surface area contributed by atoms with Crippen molar-refractivity contribution in [3.8, 4) is 0 Å². The number of aliphatic hydroxyl groups is 1. The zero-order valence-electron chi connectivity index (χ0n) is 33.4. The van der Waals surface area contributed by atoms with E-state index in [0.717, 1.165) is 32.1 Å². The van der Waals surface area contributed by atoms with Gasteiger partial charge in [0.05, 0.1) is 39.9 Å². The molecular weight excluding hydrogens is 647 g/mol. The van der Waals surface area contributed by atoms with Crippen LogP contribution in [-0.2, 0) is 18.4 Å². The number of hydrogen-bond donors (Lipinski definition) is 3. The quantitative estimate of drug-likeness (QED) is 0.0254. The molecule has 0 radical (unpaired) electrons. The number of likely N-dealkylation sites (N-methyl/N-ethyl adjacent to an activating group) is 1. The molecule has 0 aromatic heterocycles. The second-order valence-electron chi connectivity index (χ2n) is 15.4. The van der Waals surface area contributed by atoms with E-state index in [0.29, 0.717) is 17.4 Å². The summed E-state index contributed by atoms with van der Waals surface area (Å²) in [7, 11) is 1.55. The summed E-state index contributed by atoms with van der Waals surface area (Å²) >= 11 is 0. The monoisotopic (exact) mass is 730 g/mol. The number of aliphatic hydroxyl groups excluding tert-OH is 1. The molecule has 1 amide bonds. The third-order valence-electron chi connectivity index (χ3n) is 9.23. The first-order valence-corrected chi connectivity index (χ1v) is 22.2. The molecule has 0 fully saturated rings. The number of allylic oxidation sites excluding steroid dienone is 3. The molecule has 1 unspecified atom stereocenters. The van der Waals surface area contributed by atoms with Crippen LogP contribution in [0.4, 0.5) is 0 Å². The van der Waals surface area contributed by atoms with Crippen molar-refractivity contribution in [2.24, 2.45) is 0 Å². The molecule has 0 rings (SSSR count). The Kier molecular flexibility index (Phi) is 33.1. The minimum atomic E-state index is -4.34. The Labute approximate surface area is 309 Å². The summed E-state index contributed by atoms with van der Waals surface area (Å²) in [6, 6.07) is -0.872. The van der Waals surface area contributed by atoms with E-state index >= 15 is 0 Å². The second kappa shape index (κ2) is 33.8. The van der Waals surface area contributed by atoms with Gasteiger partial charge in [-0.15, -0.1) is 0 Å². The molecule has 3 atom stereocenters. The van der Waals surface area contributed by atoms with Crippen LogP contribution < -0.4 is 5.32 Å². The van der Waals surface area contributed by atoms with Crippen LogP contribution in [0.1, 0.15) is 181 Å². The van der Waals surface area contributed by atoms with Gasteiger partial charge in [-0.3, -0.25) is 13.8 Å². The number of nitrogens with one attached hydrogen (secondary N) is 1. The van der Waals surface area contributed by atoms with Crippen LogP contribution in [0.25, 0.3) is 0 Å². The number of phosphoric acid groups is 1. The Balaban J connectivity index is 4.44. The van der Waals surface area contributed by atoms with Gasteiger partial charge in [-0.1, -0.05) is 179 Å². The van der Waals surface area contributed by atoms with Gasteiger partial charge in [0.1, 0.15) is 13.2 Å². The van der Waals surface area contributed by atoms with Crippen molar-refractivity contribution < 1.29 is 32.9 Å². The molecule has 0 saturated heterocycles. The second-order valence-corrected chi connectivity index (χ2v) is 16.9. The van der Waals surface area contributed by atoms with Crippen molar-refractivity contribution in [1.29, 1.82) is 0 Å². The summed E-state index contributed by atoms with van der Waals surface area (Å²) in [5, 5.41) is 13.7. The van der Waals surface area contributed by atoms with Gasteiger partial charge in [-0.05, 0) is 19.3 Å². The van der Waals surface area contributed by atoms with E-state index in [9.17, 15) is 19.4 Å². The van der Waals surface area contributed by atoms with E-state index < -0.39 is 20.0 Å². The van der Waals surface area contributed by atoms with Crippen molar-refractivity contribution in [3.05, 3.63) is 24.3 Å². The van der Waals surface area contributed by atoms with Crippen LogP contribution in [-0.4, -0.2) is 73.4 Å². The minimum absolute atomic E-state index is 0.0552. The summed E-state index contributed by atoms with van der Waals surface area (Å²) < 4.78 is 23.4. The first-order chi connectivity index (χ1) is 24.0. The number of hydrogen-bond acceptors (Lipinski definition) is 5. The maximum absolute atomic E-state index is 12.8. The molecular formula is C41H82N2O6P+. The van der Waals surface area contributed by atoms with Crippen LogP contribution in [0.5, 0.6) is 0 Å². The van der Waals surface area contributed by atoms with Crippen molar-refractivity contribution in [1.82, 2.24) is 5.32 Å². The predicted octanol–water partition coefficient (Wildman–Crippen LogP) is 11.0. The van der Waals surface area contributed by atoms with E-state index in [1.807, 2.05) is 27.2 Å². The average molecular weight is 730 g/mol. The van der Waals surface area contributed by atoms with Gasteiger partial charge in [-0.2, -0.15) is 0 Å². The molecule has 0 aromatic carbocycles. The Morgan fingerprint density at radius 1 is 0.680 bits per heavy atom. The highest BCUT2D eigenvalue weighted by Gasteiger charge is 2.27. The summed E-state index contributed by atoms with van der Waals surface area (Å²) in [6.45, 7) is 4.75. The third kappa shape index (κ3) is 35.4. The van der Waals surface area contributed by atoms with Crippen LogP contribution in [0.15, 0.2) is 24.3 Å². The first-order valence-electron chi connectivity index (χ1n) is 20.7. The van der Waals surface area contributed by atoms with E-state index in [2.05, 4.69) is 25.2 Å². The number of amides is 1. The number of rotatable bonds is 37. The molecule has 0 bridgehead atoms. The summed E-state index contributed by atoms with van der Waals surface area (Å²) in [6.07, 6.45) is 38.3. The Morgan fingerprint density at radius 2 is 1.12 bits per heavy atom. The van der Waals surface area contributed by atoms with Gasteiger partial charge >= 0.3 is 7.82 Å². The lowest BCUT2D eigenvalue weighted by atomic mass is 10.0. The smallest absolute Gasteiger partial charge is 0.387 e. The van der Waals surface area contributed by atoms with Crippen molar-refractivity contribution >= 4 is 13.7 Å². The summed E-state index contributed by atoms with van der Waals surface area (Å²) in [5.74, 6) is -0.194. The highest BCUT2D eigenvalue weighted by Crippen LogP contribution is 2.43. The van der Waals surface area contributed by atoms with Crippen molar-refractivity contribution in [2.75, 3.05) is 40.9 Å². The van der Waals surface area contributed by atoms with Crippen molar-refractivity contribution in [2.45, 2.75) is 193 Å². The van der Waals surface area contributed by atoms with E-state index in [1.165, 1.54) is 128 Å². The lowest BCUT2D eigenvalue weighted by Gasteiger charge is -2.25. The zero-order chi connectivity index (χ0) is 37.2. The fraction of sp³-hybridized carbons (Fsp3) is 0.878. The number of quaternary nitrogens is 1. The Hall–Kier alpha value is -1.02. The predicted molar refractivity (Wildman–Crippen MR) is 212 cm³/mol. The molecule has 0 aliphatic carbocycles. The molecule has 0 heterocycles. The van der Waals surface area contributed by atoms with Crippen LogP contribution in [0, 0.1) is 0 Å². The first kappa shape index (κ1) is 49.0. The lowest BCUT2D eigenvalue weighted by molar-refractivity contribution is -0.870. The van der Waals surface area contributed by atoms with Crippen LogP contribution in [0.3, 0.4) is 0 Å². The van der Waals surface area contributed by atoms with Gasteiger partial charge in [0, 0.05) is 6.42 Å². The maximum Gasteiger partial charge on any atom is 0.472 e. The maximum atomic E-state index is 12.8. The lowest BCUT2D eigenvalue weighted by Crippen LogP contribution is -2.45. The van der Waals surface area contributed by atoms with E-state index in [1.54, 1.807) is 12.2 Å². The molecule has 0 aliphatic heterocycles. The number of carbonyl (C=O) groups is 1. The fourth-order valence-electron chi connectivity index (χ4n) is 5.86. The standard InChI is InChI=1S/C41H81N2O6P/c1-6-8-10-12-14-16-18-19-20-21-22-23-25-27-29-31-33-35-41(45)42-39(38-49-50(46,47)48-37-36-43(3,4)5)40(44)34-32-30-28-26-24-17-15-13-11-9-7-2/h28,30,32,34,39-40,44H,6-27,29,31,33,35-38H2,1-5H3,(H-,42,45,46,47)/p+1/b30-28+,34-32+/t39-,40+/m0/s1. The normalized spacial score (nSPS) is 14.8. The van der Waals surface area contributed by atoms with Crippen LogP contribution >= 0.6 is 7.82 Å². The number of carbonyl (C=O) groups excluding carboxylic acids is 1. The molecule has 0 saturated carbocycles. The van der Waals surface area contributed by atoms with Crippen molar-refractivity contribution in [3.63, 3.8) is 0 Å². The number of unbranched alkanes of at least 4 members (excludes halogenated alkanes) is 23. The van der Waals surface area contributed by atoms with Crippen LogP contribution in [0.2, 0.25) is 0 Å². The van der Waals surface area contributed by atoms with Gasteiger partial charge in [0.25, 0.3) is 0 Å². The number of phosphoric ester groups is 1. The topological polar surface area (TPSA) is 105 Å². The average Bonchev–Trinajstić information content (AvgIpc) is 3.06. The molecule has 0 aromatic rings. The molecule has 0 spiro atoms. The van der Waals surface area contributed by atoms with Gasteiger partial charge in [-0.25, -0.2) is 4.57 Å². The Bertz CT molecular complexity index is 876. The Morgan fingerprint density at radius 3 is 1.58 bits per heavy atom.